The molecule has 0 amide bonds. The monoisotopic (exact) mass is 332 g/mol. The number of aromatic nitrogens is 1. The maximum absolute atomic E-state index is 6.20. The van der Waals surface area contributed by atoms with Crippen LogP contribution in [0.2, 0.25) is 0 Å². The molecule has 0 aliphatic carbocycles. The molecule has 3 aliphatic heterocycles. The second-order valence-electron chi connectivity index (χ2n) is 7.51. The quantitative estimate of drug-likeness (QED) is 0.847. The minimum absolute atomic E-state index is 0.0329. The number of nitrogens with zero attached hydrogens (tertiary/aromatic N) is 2. The van der Waals surface area contributed by atoms with Crippen molar-refractivity contribution in [1.82, 2.24) is 9.88 Å². The van der Waals surface area contributed by atoms with E-state index in [4.69, 9.17) is 14.2 Å². The lowest BCUT2D eigenvalue weighted by molar-refractivity contribution is -0.210. The molecule has 0 N–H and O–H groups in total. The number of rotatable bonds is 4. The van der Waals surface area contributed by atoms with Gasteiger partial charge in [0.05, 0.1) is 18.3 Å². The van der Waals surface area contributed by atoms with Gasteiger partial charge in [0.25, 0.3) is 0 Å². The number of hydrogen-bond donors (Lipinski definition) is 0. The molecule has 4 rings (SSSR count). The molecule has 3 saturated heterocycles. The first kappa shape index (κ1) is 16.5. The van der Waals surface area contributed by atoms with Crippen LogP contribution in [0.5, 0.6) is 0 Å². The molecule has 3 aliphatic rings. The lowest BCUT2D eigenvalue weighted by Crippen LogP contribution is -2.68. The number of aryl methyl sites for hydroxylation is 1. The summed E-state index contributed by atoms with van der Waals surface area (Å²) in [7, 11) is 0. The molecule has 5 nitrogen and oxygen atoms in total. The first-order valence-electron chi connectivity index (χ1n) is 9.21. The van der Waals surface area contributed by atoms with Crippen molar-refractivity contribution in [1.29, 1.82) is 0 Å². The topological polar surface area (TPSA) is 43.8 Å². The van der Waals surface area contributed by atoms with Gasteiger partial charge in [-0.05, 0) is 43.4 Å². The zero-order valence-corrected chi connectivity index (χ0v) is 14.6. The second kappa shape index (κ2) is 7.08. The van der Waals surface area contributed by atoms with Crippen LogP contribution in [0.1, 0.15) is 36.8 Å². The maximum Gasteiger partial charge on any atom is 0.0959 e. The van der Waals surface area contributed by atoms with E-state index in [0.29, 0.717) is 18.8 Å². The zero-order valence-electron chi connectivity index (χ0n) is 14.6. The Morgan fingerprint density at radius 1 is 1.25 bits per heavy atom. The molecule has 1 spiro atoms. The third kappa shape index (κ3) is 3.49. The largest absolute Gasteiger partial charge is 0.381 e. The van der Waals surface area contributed by atoms with E-state index in [1.54, 1.807) is 0 Å². The van der Waals surface area contributed by atoms with Crippen LogP contribution < -0.4 is 0 Å². The Balaban J connectivity index is 1.28. The van der Waals surface area contributed by atoms with Crippen molar-refractivity contribution in [2.24, 2.45) is 0 Å². The molecule has 0 radical (unpaired) electrons. The van der Waals surface area contributed by atoms with Crippen molar-refractivity contribution < 1.29 is 14.2 Å². The first-order chi connectivity index (χ1) is 11.7. The van der Waals surface area contributed by atoms with E-state index >= 15 is 0 Å². The molecule has 1 atom stereocenters. The van der Waals surface area contributed by atoms with Crippen LogP contribution in [0.15, 0.2) is 18.5 Å². The number of ether oxygens (including phenoxy) is 3. The van der Waals surface area contributed by atoms with Crippen LogP contribution in [0, 0.1) is 6.92 Å². The lowest BCUT2D eigenvalue weighted by atomic mass is 9.82. The Labute approximate surface area is 144 Å². The molecule has 0 bridgehead atoms. The maximum atomic E-state index is 6.20. The van der Waals surface area contributed by atoms with Gasteiger partial charge in [0.15, 0.2) is 0 Å². The van der Waals surface area contributed by atoms with Gasteiger partial charge in [-0.2, -0.15) is 0 Å². The summed E-state index contributed by atoms with van der Waals surface area (Å²) in [6.45, 7) is 7.52. The van der Waals surface area contributed by atoms with E-state index in [-0.39, 0.29) is 5.60 Å². The number of hydrogen-bond acceptors (Lipinski definition) is 5. The van der Waals surface area contributed by atoms with Crippen LogP contribution in [-0.4, -0.2) is 60.5 Å². The standard InChI is InChI=1S/C19H28N2O3/c1-15-2-6-20-11-16(15)12-23-18-5-9-24-19(10-18)13-21(14-19)17-3-7-22-8-4-17/h2,6,11,17-18H,3-5,7-10,12-14H2,1H3/t18-/m1/s1. The molecule has 0 saturated carbocycles. The average Bonchev–Trinajstić information content (AvgIpc) is 2.60. The van der Waals surface area contributed by atoms with Crippen molar-refractivity contribution >= 4 is 0 Å². The fourth-order valence-electron chi connectivity index (χ4n) is 4.20. The summed E-state index contributed by atoms with van der Waals surface area (Å²) in [4.78, 5) is 6.78. The molecule has 132 valence electrons. The second-order valence-corrected chi connectivity index (χ2v) is 7.51. The van der Waals surface area contributed by atoms with Gasteiger partial charge in [-0.3, -0.25) is 9.88 Å². The Morgan fingerprint density at radius 3 is 2.88 bits per heavy atom. The van der Waals surface area contributed by atoms with E-state index in [0.717, 1.165) is 58.6 Å². The molecule has 24 heavy (non-hydrogen) atoms. The summed E-state index contributed by atoms with van der Waals surface area (Å²) in [5.74, 6) is 0. The van der Waals surface area contributed by atoms with Crippen LogP contribution in [-0.2, 0) is 20.8 Å². The highest BCUT2D eigenvalue weighted by atomic mass is 16.5. The van der Waals surface area contributed by atoms with E-state index in [1.807, 2.05) is 18.5 Å². The van der Waals surface area contributed by atoms with Gasteiger partial charge in [0, 0.05) is 57.8 Å². The van der Waals surface area contributed by atoms with E-state index in [9.17, 15) is 0 Å². The summed E-state index contributed by atoms with van der Waals surface area (Å²) < 4.78 is 17.8. The minimum Gasteiger partial charge on any atom is -0.381 e. The van der Waals surface area contributed by atoms with Gasteiger partial charge in [0.2, 0.25) is 0 Å². The summed E-state index contributed by atoms with van der Waals surface area (Å²) in [6.07, 6.45) is 8.40. The van der Waals surface area contributed by atoms with Gasteiger partial charge in [-0.25, -0.2) is 0 Å². The predicted octanol–water partition coefficient (Wildman–Crippen LogP) is 2.32. The first-order valence-corrected chi connectivity index (χ1v) is 9.21. The highest BCUT2D eigenvalue weighted by Gasteiger charge is 2.49. The third-order valence-corrected chi connectivity index (χ3v) is 5.76. The lowest BCUT2D eigenvalue weighted by Gasteiger charge is -2.56. The predicted molar refractivity (Wildman–Crippen MR) is 90.9 cm³/mol. The molecule has 4 heterocycles. The molecular formula is C19H28N2O3. The molecule has 1 aromatic rings. The number of likely N-dealkylation sites (tertiary alicyclic amines) is 1. The molecular weight excluding hydrogens is 304 g/mol. The molecule has 0 unspecified atom stereocenters. The van der Waals surface area contributed by atoms with Crippen LogP contribution >= 0.6 is 0 Å². The van der Waals surface area contributed by atoms with Crippen molar-refractivity contribution in [3.63, 3.8) is 0 Å². The van der Waals surface area contributed by atoms with E-state index in [2.05, 4.69) is 16.8 Å². The zero-order chi connectivity index (χ0) is 16.4. The van der Waals surface area contributed by atoms with Crippen molar-refractivity contribution in [3.05, 3.63) is 29.6 Å². The van der Waals surface area contributed by atoms with Crippen LogP contribution in [0.25, 0.3) is 0 Å². The smallest absolute Gasteiger partial charge is 0.0959 e. The Hall–Kier alpha value is -1.01. The fraction of sp³-hybridized carbons (Fsp3) is 0.737. The summed E-state index contributed by atoms with van der Waals surface area (Å²) in [6, 6.07) is 2.73. The van der Waals surface area contributed by atoms with Crippen molar-refractivity contribution in [2.75, 3.05) is 32.9 Å². The van der Waals surface area contributed by atoms with Crippen LogP contribution in [0.3, 0.4) is 0 Å². The highest BCUT2D eigenvalue weighted by molar-refractivity contribution is 5.20. The fourth-order valence-corrected chi connectivity index (χ4v) is 4.20. The van der Waals surface area contributed by atoms with Crippen LogP contribution in [0.4, 0.5) is 0 Å². The van der Waals surface area contributed by atoms with E-state index < -0.39 is 0 Å². The molecule has 0 aromatic carbocycles. The SMILES string of the molecule is Cc1ccncc1CO[C@@H]1CCOC2(C1)CN(C1CCOCC1)C2. The average molecular weight is 332 g/mol. The van der Waals surface area contributed by atoms with Gasteiger partial charge >= 0.3 is 0 Å². The van der Waals surface area contributed by atoms with Gasteiger partial charge < -0.3 is 14.2 Å². The van der Waals surface area contributed by atoms with Crippen molar-refractivity contribution in [3.8, 4) is 0 Å². The molecule has 3 fully saturated rings. The molecule has 1 aromatic heterocycles. The summed E-state index contributed by atoms with van der Waals surface area (Å²) >= 11 is 0. The Bertz CT molecular complexity index is 553. The van der Waals surface area contributed by atoms with Gasteiger partial charge in [-0.1, -0.05) is 0 Å². The number of pyridine rings is 1. The molecule has 5 heteroatoms. The van der Waals surface area contributed by atoms with E-state index in [1.165, 1.54) is 11.1 Å². The van der Waals surface area contributed by atoms with Gasteiger partial charge in [-0.15, -0.1) is 0 Å². The summed E-state index contributed by atoms with van der Waals surface area (Å²) in [5.41, 5.74) is 2.47. The van der Waals surface area contributed by atoms with Crippen molar-refractivity contribution in [2.45, 2.75) is 57.0 Å². The summed E-state index contributed by atoms with van der Waals surface area (Å²) in [5, 5.41) is 0. The Kier molecular flexibility index (Phi) is 4.86. The third-order valence-electron chi connectivity index (χ3n) is 5.76. The highest BCUT2D eigenvalue weighted by Crippen LogP contribution is 2.38. The minimum atomic E-state index is 0.0329. The van der Waals surface area contributed by atoms with Gasteiger partial charge in [0.1, 0.15) is 0 Å². The normalized spacial score (nSPS) is 28.0. The Morgan fingerprint density at radius 2 is 2.08 bits per heavy atom.